The number of rotatable bonds is 8. The number of anilines is 6. The molecule has 286 valence electrons. The zero-order valence-electron chi connectivity index (χ0n) is 33.3. The summed E-state index contributed by atoms with van der Waals surface area (Å²) in [4.78, 5) is 4.87. The van der Waals surface area contributed by atoms with Gasteiger partial charge < -0.3 is 9.80 Å². The van der Waals surface area contributed by atoms with Crippen LogP contribution in [-0.4, -0.2) is 0 Å². The Bertz CT molecular complexity index is 3410. The highest BCUT2D eigenvalue weighted by Gasteiger charge is 2.23. The maximum atomic E-state index is 2.45. The molecule has 4 heteroatoms. The summed E-state index contributed by atoms with van der Waals surface area (Å²) in [7, 11) is 0. The van der Waals surface area contributed by atoms with E-state index in [-0.39, 0.29) is 0 Å². The molecule has 0 aliphatic heterocycles. The maximum Gasteiger partial charge on any atom is 0.0661 e. The van der Waals surface area contributed by atoms with E-state index in [1.807, 2.05) is 22.7 Å². The fourth-order valence-corrected chi connectivity index (χ4v) is 11.0. The molecule has 0 saturated carbocycles. The van der Waals surface area contributed by atoms with Crippen LogP contribution in [0.5, 0.6) is 0 Å². The van der Waals surface area contributed by atoms with Crippen LogP contribution in [0.4, 0.5) is 34.1 Å². The molecule has 0 aliphatic carbocycles. The summed E-state index contributed by atoms with van der Waals surface area (Å²) in [6.45, 7) is 4.27. The Morgan fingerprint density at radius 2 is 1.00 bits per heavy atom. The van der Waals surface area contributed by atoms with Gasteiger partial charge in [-0.05, 0) is 138 Å². The number of hydrogen-bond donors (Lipinski definition) is 0. The van der Waals surface area contributed by atoms with Crippen LogP contribution in [-0.2, 0) is 0 Å². The molecular formula is C56H40N2S2. The molecule has 0 spiro atoms. The van der Waals surface area contributed by atoms with E-state index in [0.29, 0.717) is 0 Å². The molecule has 0 atom stereocenters. The van der Waals surface area contributed by atoms with Gasteiger partial charge in [0.25, 0.3) is 0 Å². The Hall–Kier alpha value is -6.98. The van der Waals surface area contributed by atoms with E-state index in [1.54, 1.807) is 0 Å². The molecule has 0 fully saturated rings. The van der Waals surface area contributed by atoms with E-state index in [1.165, 1.54) is 73.4 Å². The van der Waals surface area contributed by atoms with Crippen molar-refractivity contribution >= 4 is 114 Å². The van der Waals surface area contributed by atoms with E-state index in [9.17, 15) is 0 Å². The molecule has 2 aromatic heterocycles. The van der Waals surface area contributed by atoms with E-state index in [0.717, 1.165) is 34.1 Å². The molecule has 0 unspecified atom stereocenters. The highest BCUT2D eigenvalue weighted by Crippen LogP contribution is 2.50. The highest BCUT2D eigenvalue weighted by molar-refractivity contribution is 7.26. The second kappa shape index (κ2) is 15.0. The average molecular weight is 805 g/mol. The van der Waals surface area contributed by atoms with Crippen LogP contribution in [0, 0.1) is 6.92 Å². The number of allylic oxidation sites excluding steroid dienone is 1. The van der Waals surface area contributed by atoms with Crippen LogP contribution in [0.2, 0.25) is 0 Å². The van der Waals surface area contributed by atoms with Gasteiger partial charge in [-0.1, -0.05) is 115 Å². The number of nitrogens with zero attached hydrogens (tertiary/aromatic N) is 2. The molecule has 0 N–H and O–H groups in total. The number of fused-ring (bicyclic) bond motifs is 7. The Kier molecular flexibility index (Phi) is 9.03. The van der Waals surface area contributed by atoms with Crippen molar-refractivity contribution in [2.24, 2.45) is 0 Å². The van der Waals surface area contributed by atoms with Crippen molar-refractivity contribution in [2.45, 2.75) is 13.8 Å². The standard InChI is InChI=1S/C56H40N2S2/c1-3-14-39-31-45(27-23-37(39)2)57(43-17-6-4-7-18-43)47-35-51-50-34-42(41-25-29-54-49(33-41)48-21-12-13-22-53(48)59-54)26-30-55(50)60-56(51)52(36-47)58(44-19-8-5-9-20-44)46-28-24-38-15-10-11-16-40(38)32-46/h3-36H,1-2H3/b14-3-. The molecule has 0 saturated heterocycles. The van der Waals surface area contributed by atoms with Gasteiger partial charge in [0.05, 0.1) is 10.4 Å². The van der Waals surface area contributed by atoms with Crippen molar-refractivity contribution in [2.75, 3.05) is 9.80 Å². The van der Waals surface area contributed by atoms with Gasteiger partial charge >= 0.3 is 0 Å². The van der Waals surface area contributed by atoms with E-state index in [4.69, 9.17) is 0 Å². The number of benzene rings is 9. The highest BCUT2D eigenvalue weighted by atomic mass is 32.1. The molecule has 60 heavy (non-hydrogen) atoms. The first-order valence-electron chi connectivity index (χ1n) is 20.4. The lowest BCUT2D eigenvalue weighted by atomic mass is 10.00. The van der Waals surface area contributed by atoms with Gasteiger partial charge in [-0.2, -0.15) is 0 Å². The second-order valence-electron chi connectivity index (χ2n) is 15.4. The predicted octanol–water partition coefficient (Wildman–Crippen LogP) is 17.5. The first kappa shape index (κ1) is 36.1. The molecule has 0 bridgehead atoms. The normalized spacial score (nSPS) is 11.8. The molecule has 2 heterocycles. The topological polar surface area (TPSA) is 6.48 Å². The first-order valence-corrected chi connectivity index (χ1v) is 22.1. The fourth-order valence-electron chi connectivity index (χ4n) is 8.70. The van der Waals surface area contributed by atoms with Gasteiger partial charge in [0.2, 0.25) is 0 Å². The summed E-state index contributed by atoms with van der Waals surface area (Å²) in [5.41, 5.74) is 11.6. The zero-order valence-corrected chi connectivity index (χ0v) is 35.0. The minimum Gasteiger partial charge on any atom is -0.310 e. The first-order chi connectivity index (χ1) is 29.6. The van der Waals surface area contributed by atoms with Crippen molar-refractivity contribution in [3.8, 4) is 11.1 Å². The minimum absolute atomic E-state index is 1.09. The third-order valence-corrected chi connectivity index (χ3v) is 14.0. The lowest BCUT2D eigenvalue weighted by Crippen LogP contribution is -2.13. The van der Waals surface area contributed by atoms with Gasteiger partial charge in [-0.15, -0.1) is 22.7 Å². The van der Waals surface area contributed by atoms with Crippen molar-refractivity contribution in [3.63, 3.8) is 0 Å². The summed E-state index contributed by atoms with van der Waals surface area (Å²) < 4.78 is 5.15. The van der Waals surface area contributed by atoms with Gasteiger partial charge in [0.1, 0.15) is 0 Å². The molecule has 11 aromatic rings. The van der Waals surface area contributed by atoms with Crippen LogP contribution in [0.25, 0.3) is 68.3 Å². The van der Waals surface area contributed by atoms with Gasteiger partial charge in [-0.25, -0.2) is 0 Å². The largest absolute Gasteiger partial charge is 0.310 e. The Morgan fingerprint density at radius 3 is 1.75 bits per heavy atom. The molecule has 0 aliphatic rings. The van der Waals surface area contributed by atoms with Crippen molar-refractivity contribution in [1.82, 2.24) is 0 Å². The van der Waals surface area contributed by atoms with Gasteiger partial charge in [0, 0.05) is 64.1 Å². The third kappa shape index (κ3) is 6.33. The Balaban J connectivity index is 1.20. The average Bonchev–Trinajstić information content (AvgIpc) is 3.86. The predicted molar refractivity (Wildman–Crippen MR) is 264 cm³/mol. The van der Waals surface area contributed by atoms with Crippen LogP contribution in [0.1, 0.15) is 18.1 Å². The van der Waals surface area contributed by atoms with Crippen LogP contribution >= 0.6 is 22.7 Å². The zero-order chi connectivity index (χ0) is 40.2. The molecule has 9 aromatic carbocycles. The Labute approximate surface area is 358 Å². The molecule has 11 rings (SSSR count). The lowest BCUT2D eigenvalue weighted by molar-refractivity contribution is 1.26. The van der Waals surface area contributed by atoms with Crippen molar-refractivity contribution in [1.29, 1.82) is 0 Å². The SMILES string of the molecule is C/C=C\c1cc(N(c2ccccc2)c2cc(N(c3ccccc3)c3ccc4ccccc4c3)c3sc4ccc(-c5ccc6sc7ccccc7c6c5)cc4c3c2)ccc1C. The molecule has 2 nitrogen and oxygen atoms in total. The smallest absolute Gasteiger partial charge is 0.0661 e. The fraction of sp³-hybridized carbons (Fsp3) is 0.0357. The quantitative estimate of drug-likeness (QED) is 0.151. The van der Waals surface area contributed by atoms with Crippen molar-refractivity contribution in [3.05, 3.63) is 211 Å². The lowest BCUT2D eigenvalue weighted by Gasteiger charge is -2.30. The van der Waals surface area contributed by atoms with Gasteiger partial charge in [-0.3, -0.25) is 0 Å². The minimum atomic E-state index is 1.09. The number of para-hydroxylation sites is 2. The van der Waals surface area contributed by atoms with Crippen LogP contribution < -0.4 is 9.80 Å². The Morgan fingerprint density at radius 1 is 0.400 bits per heavy atom. The number of thiophene rings is 2. The second-order valence-corrected chi connectivity index (χ2v) is 17.5. The summed E-state index contributed by atoms with van der Waals surface area (Å²) in [6.07, 6.45) is 4.33. The monoisotopic (exact) mass is 804 g/mol. The van der Waals surface area contributed by atoms with E-state index >= 15 is 0 Å². The van der Waals surface area contributed by atoms with Crippen LogP contribution in [0.3, 0.4) is 0 Å². The van der Waals surface area contributed by atoms with Crippen molar-refractivity contribution < 1.29 is 0 Å². The van der Waals surface area contributed by atoms with Crippen LogP contribution in [0.15, 0.2) is 200 Å². The summed E-state index contributed by atoms with van der Waals surface area (Å²) in [5.74, 6) is 0. The number of aryl methyl sites for hydroxylation is 1. The van der Waals surface area contributed by atoms with E-state index < -0.39 is 0 Å². The summed E-state index contributed by atoms with van der Waals surface area (Å²) in [6, 6.07) is 71.5. The maximum absolute atomic E-state index is 2.45. The molecular weight excluding hydrogens is 765 g/mol. The molecule has 0 amide bonds. The van der Waals surface area contributed by atoms with Gasteiger partial charge in [0.15, 0.2) is 0 Å². The van der Waals surface area contributed by atoms with E-state index in [2.05, 4.69) is 230 Å². The molecule has 0 radical (unpaired) electrons. The summed E-state index contributed by atoms with van der Waals surface area (Å²) >= 11 is 3.74. The number of hydrogen-bond acceptors (Lipinski definition) is 4. The third-order valence-electron chi connectivity index (χ3n) is 11.6. The summed E-state index contributed by atoms with van der Waals surface area (Å²) in [5, 5.41) is 7.55.